The molecule has 0 N–H and O–H groups in total. The van der Waals surface area contributed by atoms with E-state index >= 15 is 0 Å². The molecule has 0 spiro atoms. The summed E-state index contributed by atoms with van der Waals surface area (Å²) in [5.74, 6) is -7.84. The Labute approximate surface area is 146 Å². The van der Waals surface area contributed by atoms with Gasteiger partial charge in [0, 0.05) is 5.56 Å². The number of esters is 1. The summed E-state index contributed by atoms with van der Waals surface area (Å²) in [6.07, 6.45) is 1.47. The molecule has 2 nitrogen and oxygen atoms in total. The lowest BCUT2D eigenvalue weighted by atomic mass is 10.1. The maximum atomic E-state index is 13.8. The number of hydrogen-bond acceptors (Lipinski definition) is 2. The van der Waals surface area contributed by atoms with Gasteiger partial charge >= 0.3 is 5.97 Å². The largest absolute Gasteiger partial charge is 0.460 e. The fourth-order valence-electron chi connectivity index (χ4n) is 2.72. The van der Waals surface area contributed by atoms with Crippen LogP contribution in [0.15, 0.2) is 10.6 Å². The van der Waals surface area contributed by atoms with Gasteiger partial charge in [-0.1, -0.05) is 37.0 Å². The smallest absolute Gasteiger partial charge is 0.310 e. The summed E-state index contributed by atoms with van der Waals surface area (Å²) in [5, 5.41) is 0. The second-order valence-corrected chi connectivity index (χ2v) is 7.26. The van der Waals surface area contributed by atoms with Crippen molar-refractivity contribution in [2.75, 3.05) is 0 Å². The highest BCUT2D eigenvalue weighted by atomic mass is 35.5. The lowest BCUT2D eigenvalue weighted by Gasteiger charge is -2.10. The Morgan fingerprint density at radius 1 is 1.12 bits per heavy atom. The van der Waals surface area contributed by atoms with E-state index in [1.54, 1.807) is 13.8 Å². The van der Waals surface area contributed by atoms with E-state index < -0.39 is 58.3 Å². The molecule has 1 aromatic carbocycles. The number of carbonyl (C=O) groups excluding carboxylic acids is 1. The lowest BCUT2D eigenvalue weighted by Crippen LogP contribution is -2.14. The van der Waals surface area contributed by atoms with Crippen LogP contribution in [0.2, 0.25) is 0 Å². The first-order valence-corrected chi connectivity index (χ1v) is 7.76. The van der Waals surface area contributed by atoms with Crippen molar-refractivity contribution in [2.45, 2.75) is 27.4 Å². The number of benzene rings is 1. The molecule has 8 heteroatoms. The average molecular weight is 385 g/mol. The number of ether oxygens (including phenoxy) is 1. The van der Waals surface area contributed by atoms with Crippen molar-refractivity contribution in [3.63, 3.8) is 0 Å². The van der Waals surface area contributed by atoms with Gasteiger partial charge in [-0.2, -0.15) is 0 Å². The number of carbonyl (C=O) groups is 1. The Bertz CT molecular complexity index is 698. The summed E-state index contributed by atoms with van der Waals surface area (Å²) in [6.45, 7) is 3.53. The summed E-state index contributed by atoms with van der Waals surface area (Å²) >= 11 is 11.1. The molecule has 0 saturated heterocycles. The van der Waals surface area contributed by atoms with Crippen LogP contribution in [0.4, 0.5) is 17.6 Å². The second-order valence-electron chi connectivity index (χ2n) is 6.25. The van der Waals surface area contributed by atoms with Crippen molar-refractivity contribution < 1.29 is 27.1 Å². The third-order valence-corrected chi connectivity index (χ3v) is 4.65. The van der Waals surface area contributed by atoms with Gasteiger partial charge in [0.25, 0.3) is 0 Å². The Balaban J connectivity index is 2.16. The summed E-state index contributed by atoms with van der Waals surface area (Å²) in [5.41, 5.74) is -2.23. The molecule has 0 radical (unpaired) electrons. The third kappa shape index (κ3) is 3.26. The van der Waals surface area contributed by atoms with Crippen molar-refractivity contribution in [3.05, 3.63) is 45.0 Å². The van der Waals surface area contributed by atoms with Crippen molar-refractivity contribution in [1.82, 2.24) is 0 Å². The van der Waals surface area contributed by atoms with E-state index in [1.165, 1.54) is 6.08 Å². The Hall–Kier alpha value is -1.27. The van der Waals surface area contributed by atoms with Gasteiger partial charge in [-0.3, -0.25) is 4.79 Å². The zero-order valence-electron chi connectivity index (χ0n) is 13.0. The first kappa shape index (κ1) is 19.1. The van der Waals surface area contributed by atoms with Gasteiger partial charge in [0.05, 0.1) is 11.5 Å². The van der Waals surface area contributed by atoms with E-state index in [1.807, 2.05) is 0 Å². The minimum Gasteiger partial charge on any atom is -0.460 e. The molecule has 0 aliphatic heterocycles. The van der Waals surface area contributed by atoms with E-state index in [2.05, 4.69) is 0 Å². The molecule has 1 aliphatic carbocycles. The van der Waals surface area contributed by atoms with Gasteiger partial charge in [-0.25, -0.2) is 17.6 Å². The Morgan fingerprint density at radius 3 is 2.08 bits per heavy atom. The van der Waals surface area contributed by atoms with Crippen LogP contribution >= 0.6 is 23.2 Å². The average Bonchev–Trinajstić information content (AvgIpc) is 3.02. The number of allylic oxidation sites excluding steroid dienone is 1. The molecule has 0 heterocycles. The monoisotopic (exact) mass is 384 g/mol. The molecule has 1 aromatic rings. The minimum atomic E-state index is -1.57. The molecule has 132 valence electrons. The fourth-order valence-corrected chi connectivity index (χ4v) is 2.99. The summed E-state index contributed by atoms with van der Waals surface area (Å²) in [6, 6.07) is 0. The number of halogens is 6. The van der Waals surface area contributed by atoms with Crippen molar-refractivity contribution >= 4 is 29.2 Å². The molecule has 0 aromatic heterocycles. The van der Waals surface area contributed by atoms with Gasteiger partial charge < -0.3 is 4.74 Å². The quantitative estimate of drug-likeness (QED) is 0.405. The van der Waals surface area contributed by atoms with Crippen LogP contribution in [0.25, 0.3) is 0 Å². The molecule has 0 bridgehead atoms. The first-order chi connectivity index (χ1) is 11.0. The Morgan fingerprint density at radius 2 is 1.62 bits per heavy atom. The molecule has 2 rings (SSSR count). The summed E-state index contributed by atoms with van der Waals surface area (Å²) in [7, 11) is 0. The highest BCUT2D eigenvalue weighted by molar-refractivity contribution is 6.55. The van der Waals surface area contributed by atoms with Crippen molar-refractivity contribution in [2.24, 2.45) is 17.3 Å². The molecule has 2 atom stereocenters. The van der Waals surface area contributed by atoms with Gasteiger partial charge in [0.1, 0.15) is 11.1 Å². The highest BCUT2D eigenvalue weighted by Crippen LogP contribution is 2.60. The summed E-state index contributed by atoms with van der Waals surface area (Å²) in [4.78, 5) is 12.1. The fraction of sp³-hybridized carbons (Fsp3) is 0.438. The van der Waals surface area contributed by atoms with Gasteiger partial charge in [-0.15, -0.1) is 0 Å². The lowest BCUT2D eigenvalue weighted by molar-refractivity contribution is -0.147. The Kier molecular flexibility index (Phi) is 5.21. The van der Waals surface area contributed by atoms with Gasteiger partial charge in [-0.05, 0) is 24.3 Å². The molecule has 0 amide bonds. The standard InChI is InChI=1S/C16H14Cl2F4O2/c1-6-11(19)13(21)7(14(22)12(6)20)5-24-15(23)10-8(4-9(17)18)16(10,2)3/h4,8,10H,5H2,1-3H3/t8-,10+/m0/s1. The third-order valence-electron chi connectivity index (χ3n) is 4.40. The second kappa shape index (κ2) is 6.56. The van der Waals surface area contributed by atoms with Crippen molar-refractivity contribution in [3.8, 4) is 0 Å². The van der Waals surface area contributed by atoms with Gasteiger partial charge in [0.2, 0.25) is 0 Å². The zero-order chi connectivity index (χ0) is 18.4. The van der Waals surface area contributed by atoms with E-state index in [0.717, 1.165) is 6.92 Å². The van der Waals surface area contributed by atoms with Crippen LogP contribution in [-0.4, -0.2) is 5.97 Å². The normalized spacial score (nSPS) is 21.4. The van der Waals surface area contributed by atoms with E-state index in [-0.39, 0.29) is 10.4 Å². The van der Waals surface area contributed by atoms with Crippen LogP contribution in [0.5, 0.6) is 0 Å². The predicted octanol–water partition coefficient (Wildman–Crippen LogP) is 5.19. The molecule has 0 unspecified atom stereocenters. The molecule has 24 heavy (non-hydrogen) atoms. The van der Waals surface area contributed by atoms with E-state index in [9.17, 15) is 22.4 Å². The van der Waals surface area contributed by atoms with E-state index in [0.29, 0.717) is 0 Å². The van der Waals surface area contributed by atoms with Crippen LogP contribution in [0.3, 0.4) is 0 Å². The van der Waals surface area contributed by atoms with Crippen molar-refractivity contribution in [1.29, 1.82) is 0 Å². The molecular formula is C16H14Cl2F4O2. The van der Waals surface area contributed by atoms with E-state index in [4.69, 9.17) is 27.9 Å². The predicted molar refractivity (Wildman–Crippen MR) is 81.4 cm³/mol. The minimum absolute atomic E-state index is 0.0110. The maximum Gasteiger partial charge on any atom is 0.310 e. The van der Waals surface area contributed by atoms with Crippen LogP contribution < -0.4 is 0 Å². The SMILES string of the molecule is Cc1c(F)c(F)c(COC(=O)[C@H]2[C@H](C=C(Cl)Cl)C2(C)C)c(F)c1F. The molecular weight excluding hydrogens is 371 g/mol. The van der Waals surface area contributed by atoms with Crippen LogP contribution in [0.1, 0.15) is 25.0 Å². The van der Waals surface area contributed by atoms with Crippen LogP contribution in [0, 0.1) is 47.4 Å². The maximum absolute atomic E-state index is 13.8. The first-order valence-electron chi connectivity index (χ1n) is 7.01. The number of hydrogen-bond donors (Lipinski definition) is 0. The number of rotatable bonds is 4. The topological polar surface area (TPSA) is 26.3 Å². The highest BCUT2D eigenvalue weighted by Gasteiger charge is 2.61. The molecule has 1 fully saturated rings. The molecule has 1 aliphatic rings. The molecule has 1 saturated carbocycles. The summed E-state index contributed by atoms with van der Waals surface area (Å²) < 4.78 is 59.3. The van der Waals surface area contributed by atoms with Gasteiger partial charge in [0.15, 0.2) is 23.3 Å². The van der Waals surface area contributed by atoms with Crippen LogP contribution in [-0.2, 0) is 16.1 Å². The zero-order valence-corrected chi connectivity index (χ0v) is 14.5.